The van der Waals surface area contributed by atoms with Crippen LogP contribution < -0.4 is 9.64 Å². The number of Topliss-reactive ketones (excluding diaryl/α,β-unsaturated/α-hetero) is 1. The van der Waals surface area contributed by atoms with Crippen LogP contribution in [-0.4, -0.2) is 111 Å². The minimum atomic E-state index is -1.39. The number of carboxylic acid groups (broad SMARTS) is 1. The molecular formula is C35H40ClF2N7O6. The van der Waals surface area contributed by atoms with Crippen LogP contribution in [0.3, 0.4) is 0 Å². The van der Waals surface area contributed by atoms with Gasteiger partial charge in [-0.25, -0.2) is 13.6 Å². The molecule has 1 aromatic carbocycles. The van der Waals surface area contributed by atoms with E-state index in [9.17, 15) is 14.0 Å². The van der Waals surface area contributed by atoms with E-state index >= 15 is 4.39 Å². The van der Waals surface area contributed by atoms with E-state index in [0.29, 0.717) is 90.2 Å². The highest BCUT2D eigenvalue weighted by atomic mass is 35.5. The summed E-state index contributed by atoms with van der Waals surface area (Å²) < 4.78 is 48.9. The van der Waals surface area contributed by atoms with Gasteiger partial charge in [-0.15, -0.1) is 0 Å². The van der Waals surface area contributed by atoms with Crippen LogP contribution in [0.15, 0.2) is 18.5 Å². The monoisotopic (exact) mass is 727 g/mol. The van der Waals surface area contributed by atoms with E-state index < -0.39 is 23.7 Å². The molecule has 6 heterocycles. The summed E-state index contributed by atoms with van der Waals surface area (Å²) in [5, 5.41) is 17.2. The maximum absolute atomic E-state index is 17.1. The number of H-pyrrole nitrogens is 1. The normalized spacial score (nSPS) is 23.9. The number of carbonyl (C=O) groups is 2. The smallest absolute Gasteiger partial charge is 0.461 e. The van der Waals surface area contributed by atoms with Gasteiger partial charge in [-0.2, -0.15) is 15.1 Å². The predicted octanol–water partition coefficient (Wildman–Crippen LogP) is 5.76. The first-order valence-electron chi connectivity index (χ1n) is 17.3. The molecule has 3 aliphatic heterocycles. The molecule has 3 saturated heterocycles. The van der Waals surface area contributed by atoms with Gasteiger partial charge >= 0.3 is 12.2 Å². The first kappa shape index (κ1) is 35.2. The van der Waals surface area contributed by atoms with Crippen molar-refractivity contribution in [2.24, 2.45) is 5.92 Å². The van der Waals surface area contributed by atoms with E-state index in [-0.39, 0.29) is 67.6 Å². The number of hydrogen-bond acceptors (Lipinski definition) is 11. The van der Waals surface area contributed by atoms with Gasteiger partial charge in [0.2, 0.25) is 0 Å². The van der Waals surface area contributed by atoms with Gasteiger partial charge in [0.1, 0.15) is 35.6 Å². The van der Waals surface area contributed by atoms with Gasteiger partial charge in [-0.05, 0) is 43.2 Å². The van der Waals surface area contributed by atoms with Gasteiger partial charge in [-0.1, -0.05) is 25.4 Å². The van der Waals surface area contributed by atoms with Crippen LogP contribution in [0.1, 0.15) is 51.5 Å². The van der Waals surface area contributed by atoms with Crippen molar-refractivity contribution in [2.75, 3.05) is 51.0 Å². The zero-order valence-electron chi connectivity index (χ0n) is 28.5. The average molecular weight is 728 g/mol. The molecule has 16 heteroatoms. The van der Waals surface area contributed by atoms with Gasteiger partial charge in [0, 0.05) is 54.6 Å². The Bertz CT molecular complexity index is 1970. The van der Waals surface area contributed by atoms with Crippen molar-refractivity contribution in [1.82, 2.24) is 30.0 Å². The number of alkyl halides is 1. The van der Waals surface area contributed by atoms with Crippen LogP contribution in [0.5, 0.6) is 6.01 Å². The molecule has 272 valence electrons. The standard InChI is InChI=1S/C35H40ClF2N7O6/c1-3-27(46)26-6-7-35(12-20(37)16-45(26)35)18-51-33-41-30-23(32(42-33)44-8-10-49-17-19(2)15-44)13-39-31(29(30)38)28-21(5-4-9-50-34(47)48)24(36)11-25-22(28)14-40-43-25/h11,13-14,19-20,26H,3-10,12,15-18H2,1-2H3,(H,40,43)(H,47,48)/t19-,20+,26?,35+/m0/s1. The molecule has 0 bridgehead atoms. The maximum atomic E-state index is 17.1. The highest BCUT2D eigenvalue weighted by molar-refractivity contribution is 6.33. The Morgan fingerprint density at radius 1 is 1.24 bits per heavy atom. The van der Waals surface area contributed by atoms with Crippen molar-refractivity contribution in [1.29, 1.82) is 0 Å². The van der Waals surface area contributed by atoms with Crippen molar-refractivity contribution in [3.05, 3.63) is 34.9 Å². The van der Waals surface area contributed by atoms with Crippen LogP contribution in [-0.2, 0) is 20.7 Å². The molecule has 4 aromatic rings. The fraction of sp³-hybridized carbons (Fsp3) is 0.543. The van der Waals surface area contributed by atoms with E-state index in [0.717, 1.165) is 0 Å². The largest absolute Gasteiger partial charge is 0.505 e. The lowest BCUT2D eigenvalue weighted by Gasteiger charge is -2.33. The van der Waals surface area contributed by atoms with Crippen LogP contribution in [0.4, 0.5) is 19.4 Å². The predicted molar refractivity (Wildman–Crippen MR) is 185 cm³/mol. The van der Waals surface area contributed by atoms with Crippen molar-refractivity contribution in [2.45, 2.75) is 70.1 Å². The second kappa shape index (κ2) is 14.4. The van der Waals surface area contributed by atoms with E-state index in [2.05, 4.69) is 27.1 Å². The van der Waals surface area contributed by atoms with Crippen molar-refractivity contribution < 1.29 is 37.7 Å². The number of nitrogens with zero attached hydrogens (tertiary/aromatic N) is 6. The molecule has 0 spiro atoms. The molecule has 0 amide bonds. The summed E-state index contributed by atoms with van der Waals surface area (Å²) in [4.78, 5) is 41.7. The maximum Gasteiger partial charge on any atom is 0.505 e. The Kier molecular flexibility index (Phi) is 9.96. The number of benzene rings is 1. The molecule has 13 nitrogen and oxygen atoms in total. The number of halogens is 3. The second-order valence-corrected chi connectivity index (χ2v) is 14.1. The quantitative estimate of drug-likeness (QED) is 0.142. The first-order chi connectivity index (χ1) is 24.6. The number of carbonyl (C=O) groups excluding carboxylic acids is 1. The number of ketones is 1. The fourth-order valence-electron chi connectivity index (χ4n) is 7.95. The number of anilines is 1. The minimum Gasteiger partial charge on any atom is -0.461 e. The first-order valence-corrected chi connectivity index (χ1v) is 17.7. The third-order valence-electron chi connectivity index (χ3n) is 10.3. The van der Waals surface area contributed by atoms with Crippen LogP contribution in [0.2, 0.25) is 5.02 Å². The molecule has 0 saturated carbocycles. The third kappa shape index (κ3) is 6.78. The second-order valence-electron chi connectivity index (χ2n) is 13.7. The Labute approximate surface area is 297 Å². The summed E-state index contributed by atoms with van der Waals surface area (Å²) in [5.74, 6) is -0.0554. The van der Waals surface area contributed by atoms with E-state index in [1.54, 1.807) is 12.3 Å². The molecule has 4 atom stereocenters. The van der Waals surface area contributed by atoms with Crippen molar-refractivity contribution in [3.63, 3.8) is 0 Å². The molecule has 3 aromatic heterocycles. The lowest BCUT2D eigenvalue weighted by molar-refractivity contribution is -0.124. The van der Waals surface area contributed by atoms with E-state index in [1.807, 2.05) is 16.7 Å². The number of nitrogens with one attached hydrogen (secondary N) is 1. The average Bonchev–Trinajstić information content (AvgIpc) is 3.74. The minimum absolute atomic E-state index is 0.0220. The van der Waals surface area contributed by atoms with Gasteiger partial charge in [0.05, 0.1) is 48.5 Å². The molecule has 3 fully saturated rings. The Hall–Kier alpha value is -4.21. The number of pyridine rings is 1. The molecule has 2 N–H and O–H groups in total. The number of aromatic nitrogens is 5. The lowest BCUT2D eigenvalue weighted by atomic mass is 9.94. The number of fused-ring (bicyclic) bond motifs is 3. The SMILES string of the molecule is CCC(=O)C1CC[C@]2(COc3nc(N4CCOC[C@@H](C)C4)c4cnc(-c5c(CCCOC(=O)O)c(Cl)cc6[nH]ncc56)c(F)c4n3)C[C@@H](F)CN12. The van der Waals surface area contributed by atoms with E-state index in [4.69, 9.17) is 35.9 Å². The molecule has 7 rings (SSSR count). The molecule has 51 heavy (non-hydrogen) atoms. The number of hydrogen-bond donors (Lipinski definition) is 2. The van der Waals surface area contributed by atoms with Crippen molar-refractivity contribution >= 4 is 51.2 Å². The summed E-state index contributed by atoms with van der Waals surface area (Å²) in [6.07, 6.45) is 2.97. The molecule has 0 aliphatic carbocycles. The summed E-state index contributed by atoms with van der Waals surface area (Å²) in [6, 6.07) is 1.25. The summed E-state index contributed by atoms with van der Waals surface area (Å²) in [7, 11) is 0. The topological polar surface area (TPSA) is 156 Å². The molecule has 1 unspecified atom stereocenters. The highest BCUT2D eigenvalue weighted by Crippen LogP contribution is 2.45. The summed E-state index contributed by atoms with van der Waals surface area (Å²) in [5.41, 5.74) is 0.764. The molecule has 0 radical (unpaired) electrons. The van der Waals surface area contributed by atoms with Gasteiger partial charge < -0.3 is 24.2 Å². The lowest BCUT2D eigenvalue weighted by Crippen LogP contribution is -2.48. The van der Waals surface area contributed by atoms with Gasteiger partial charge in [-0.3, -0.25) is 19.8 Å². The highest BCUT2D eigenvalue weighted by Gasteiger charge is 2.55. The molecule has 3 aliphatic rings. The Balaban J connectivity index is 1.32. The number of rotatable bonds is 11. The van der Waals surface area contributed by atoms with Crippen LogP contribution in [0.25, 0.3) is 33.1 Å². The number of ether oxygens (including phenoxy) is 3. The Morgan fingerprint density at radius 3 is 2.88 bits per heavy atom. The fourth-order valence-corrected chi connectivity index (χ4v) is 8.25. The van der Waals surface area contributed by atoms with Crippen LogP contribution >= 0.6 is 11.6 Å². The zero-order valence-corrected chi connectivity index (χ0v) is 29.2. The third-order valence-corrected chi connectivity index (χ3v) is 10.6. The van der Waals surface area contributed by atoms with Gasteiger partial charge in [0.25, 0.3) is 0 Å². The van der Waals surface area contributed by atoms with E-state index in [1.165, 1.54) is 6.20 Å². The van der Waals surface area contributed by atoms with Gasteiger partial charge in [0.15, 0.2) is 5.82 Å². The van der Waals surface area contributed by atoms with Crippen molar-refractivity contribution in [3.8, 4) is 17.3 Å². The van der Waals surface area contributed by atoms with Crippen LogP contribution in [0, 0.1) is 11.7 Å². The summed E-state index contributed by atoms with van der Waals surface area (Å²) >= 11 is 6.73. The summed E-state index contributed by atoms with van der Waals surface area (Å²) in [6.45, 7) is 6.09. The molecular weight excluding hydrogens is 688 g/mol. The number of aromatic amines is 1. The Morgan fingerprint density at radius 2 is 2.08 bits per heavy atom. The zero-order chi connectivity index (χ0) is 35.9.